The average Bonchev–Trinajstić information content (AvgIpc) is 3.22. The quantitative estimate of drug-likeness (QED) is 0.706. The van der Waals surface area contributed by atoms with Crippen LogP contribution in [0.3, 0.4) is 0 Å². The van der Waals surface area contributed by atoms with E-state index in [9.17, 15) is 4.79 Å². The molecule has 2 aliphatic rings. The van der Waals surface area contributed by atoms with Gasteiger partial charge in [0.25, 0.3) is 0 Å². The normalized spacial score (nSPS) is 17.1. The zero-order chi connectivity index (χ0) is 19.2. The summed E-state index contributed by atoms with van der Waals surface area (Å²) in [7, 11) is 0. The lowest BCUT2D eigenvalue weighted by atomic mass is 9.68. The van der Waals surface area contributed by atoms with Crippen LogP contribution in [0.5, 0.6) is 11.5 Å². The topological polar surface area (TPSA) is 59.6 Å². The number of ether oxygens (including phenoxy) is 2. The number of rotatable bonds is 7. The summed E-state index contributed by atoms with van der Waals surface area (Å²) in [6.07, 6.45) is 6.02. The highest BCUT2D eigenvalue weighted by molar-refractivity contribution is 5.88. The van der Waals surface area contributed by atoms with Crippen LogP contribution in [0.4, 0.5) is 5.69 Å². The maximum absolute atomic E-state index is 13.3. The van der Waals surface area contributed by atoms with E-state index in [1.807, 2.05) is 36.4 Å². The third-order valence-corrected chi connectivity index (χ3v) is 5.81. The first-order valence-corrected chi connectivity index (χ1v) is 10.3. The molecule has 1 aliphatic heterocycles. The van der Waals surface area contributed by atoms with E-state index >= 15 is 0 Å². The number of hydrogen-bond donors (Lipinski definition) is 2. The fourth-order valence-corrected chi connectivity index (χ4v) is 4.24. The van der Waals surface area contributed by atoms with Gasteiger partial charge in [-0.2, -0.15) is 0 Å². The molecule has 28 heavy (non-hydrogen) atoms. The van der Waals surface area contributed by atoms with Crippen molar-refractivity contribution in [3.05, 3.63) is 54.1 Å². The molecule has 5 heteroatoms. The molecular formula is C23H28N2O3. The number of nitrogens with one attached hydrogen (secondary N) is 2. The second-order valence-electron chi connectivity index (χ2n) is 7.61. The van der Waals surface area contributed by atoms with Crippen molar-refractivity contribution in [1.29, 1.82) is 0 Å². The summed E-state index contributed by atoms with van der Waals surface area (Å²) < 4.78 is 11.0. The van der Waals surface area contributed by atoms with Gasteiger partial charge in [0.1, 0.15) is 0 Å². The molecule has 0 saturated heterocycles. The predicted molar refractivity (Wildman–Crippen MR) is 110 cm³/mol. The number of para-hydroxylation sites is 1. The lowest BCUT2D eigenvalue weighted by Gasteiger charge is -2.36. The van der Waals surface area contributed by atoms with E-state index in [1.54, 1.807) is 0 Å². The highest BCUT2D eigenvalue weighted by Gasteiger charge is 2.41. The van der Waals surface area contributed by atoms with Crippen LogP contribution >= 0.6 is 0 Å². The Labute approximate surface area is 166 Å². The zero-order valence-electron chi connectivity index (χ0n) is 16.2. The maximum Gasteiger partial charge on any atom is 0.231 e. The third kappa shape index (κ3) is 3.93. The minimum Gasteiger partial charge on any atom is -0.454 e. The van der Waals surface area contributed by atoms with E-state index < -0.39 is 5.41 Å². The highest BCUT2D eigenvalue weighted by atomic mass is 16.7. The first-order chi connectivity index (χ1) is 13.8. The first kappa shape index (κ1) is 18.7. The van der Waals surface area contributed by atoms with E-state index in [4.69, 9.17) is 9.47 Å². The second-order valence-corrected chi connectivity index (χ2v) is 7.61. The molecule has 5 nitrogen and oxygen atoms in total. The van der Waals surface area contributed by atoms with Gasteiger partial charge in [-0.25, -0.2) is 0 Å². The zero-order valence-corrected chi connectivity index (χ0v) is 16.2. The molecular weight excluding hydrogens is 352 g/mol. The molecule has 1 aliphatic carbocycles. The Balaban J connectivity index is 1.37. The van der Waals surface area contributed by atoms with Gasteiger partial charge < -0.3 is 20.1 Å². The number of hydrogen-bond acceptors (Lipinski definition) is 4. The molecule has 1 saturated carbocycles. The third-order valence-electron chi connectivity index (χ3n) is 5.81. The maximum atomic E-state index is 13.3. The van der Waals surface area contributed by atoms with Crippen molar-refractivity contribution in [2.75, 3.05) is 25.2 Å². The van der Waals surface area contributed by atoms with Crippen molar-refractivity contribution in [3.63, 3.8) is 0 Å². The summed E-state index contributed by atoms with van der Waals surface area (Å²) in [6.45, 7) is 1.76. The van der Waals surface area contributed by atoms with Crippen molar-refractivity contribution in [2.45, 2.75) is 43.9 Å². The minimum atomic E-state index is -0.452. The summed E-state index contributed by atoms with van der Waals surface area (Å²) in [4.78, 5) is 13.3. The SMILES string of the molecule is O=C(NCCCNc1ccccc1)C1(c2ccc3c(c2)OCO3)CCCCC1. The summed E-state index contributed by atoms with van der Waals surface area (Å²) in [5.41, 5.74) is 1.71. The average molecular weight is 380 g/mol. The van der Waals surface area contributed by atoms with Crippen molar-refractivity contribution in [3.8, 4) is 11.5 Å². The van der Waals surface area contributed by atoms with E-state index in [0.29, 0.717) is 6.54 Å². The Morgan fingerprint density at radius 2 is 1.71 bits per heavy atom. The van der Waals surface area contributed by atoms with Gasteiger partial charge in [0.2, 0.25) is 12.7 Å². The molecule has 1 amide bonds. The largest absolute Gasteiger partial charge is 0.454 e. The standard InChI is InChI=1S/C23H28N2O3/c26-22(25-15-7-14-24-19-8-3-1-4-9-19)23(12-5-2-6-13-23)18-10-11-20-21(16-18)28-17-27-20/h1,3-4,8-11,16,24H,2,5-7,12-15,17H2,(H,25,26). The number of carbonyl (C=O) groups is 1. The molecule has 2 aromatic rings. The molecule has 1 fully saturated rings. The van der Waals surface area contributed by atoms with Gasteiger partial charge in [-0.1, -0.05) is 43.5 Å². The molecule has 148 valence electrons. The van der Waals surface area contributed by atoms with Crippen LogP contribution in [0.2, 0.25) is 0 Å². The number of carbonyl (C=O) groups excluding carboxylic acids is 1. The monoisotopic (exact) mass is 380 g/mol. The van der Waals surface area contributed by atoms with Gasteiger partial charge in [-0.15, -0.1) is 0 Å². The van der Waals surface area contributed by atoms with Gasteiger partial charge in [0, 0.05) is 18.8 Å². The van der Waals surface area contributed by atoms with Crippen LogP contribution in [0.15, 0.2) is 48.5 Å². The molecule has 2 N–H and O–H groups in total. The fourth-order valence-electron chi connectivity index (χ4n) is 4.24. The van der Waals surface area contributed by atoms with E-state index in [-0.39, 0.29) is 12.7 Å². The molecule has 0 bridgehead atoms. The molecule has 0 aromatic heterocycles. The predicted octanol–water partition coefficient (Wildman–Crippen LogP) is 4.24. The minimum absolute atomic E-state index is 0.144. The molecule has 1 heterocycles. The van der Waals surface area contributed by atoms with Crippen LogP contribution in [0.1, 0.15) is 44.1 Å². The van der Waals surface area contributed by atoms with Gasteiger partial charge in [-0.05, 0) is 49.1 Å². The number of fused-ring (bicyclic) bond motifs is 1. The van der Waals surface area contributed by atoms with E-state index in [2.05, 4.69) is 22.8 Å². The summed E-state index contributed by atoms with van der Waals surface area (Å²) in [5, 5.41) is 6.58. The lowest BCUT2D eigenvalue weighted by Crippen LogP contribution is -2.46. The molecule has 0 unspecified atom stereocenters. The van der Waals surface area contributed by atoms with Crippen LogP contribution in [0, 0.1) is 0 Å². The summed E-state index contributed by atoms with van der Waals surface area (Å²) in [6, 6.07) is 16.1. The van der Waals surface area contributed by atoms with Gasteiger partial charge in [0.15, 0.2) is 11.5 Å². The number of benzene rings is 2. The Morgan fingerprint density at radius 3 is 2.54 bits per heavy atom. The number of amides is 1. The first-order valence-electron chi connectivity index (χ1n) is 10.3. The van der Waals surface area contributed by atoms with Crippen LogP contribution in [-0.4, -0.2) is 25.8 Å². The molecule has 2 aromatic carbocycles. The Bertz CT molecular complexity index is 801. The smallest absolute Gasteiger partial charge is 0.231 e. The van der Waals surface area contributed by atoms with Crippen molar-refractivity contribution in [2.24, 2.45) is 0 Å². The summed E-state index contributed by atoms with van der Waals surface area (Å²) in [5.74, 6) is 1.66. The van der Waals surface area contributed by atoms with Crippen molar-refractivity contribution < 1.29 is 14.3 Å². The molecule has 4 rings (SSSR count). The van der Waals surface area contributed by atoms with Crippen molar-refractivity contribution >= 4 is 11.6 Å². The Morgan fingerprint density at radius 1 is 0.929 bits per heavy atom. The van der Waals surface area contributed by atoms with Crippen LogP contribution < -0.4 is 20.1 Å². The fraction of sp³-hybridized carbons (Fsp3) is 0.435. The second kappa shape index (κ2) is 8.55. The summed E-state index contributed by atoms with van der Waals surface area (Å²) >= 11 is 0. The van der Waals surface area contributed by atoms with Gasteiger partial charge in [-0.3, -0.25) is 4.79 Å². The molecule has 0 spiro atoms. The van der Waals surface area contributed by atoms with Crippen molar-refractivity contribution in [1.82, 2.24) is 5.32 Å². The molecule has 0 radical (unpaired) electrons. The Kier molecular flexibility index (Phi) is 5.70. The lowest BCUT2D eigenvalue weighted by molar-refractivity contribution is -0.128. The van der Waals surface area contributed by atoms with E-state index in [0.717, 1.165) is 61.4 Å². The number of anilines is 1. The molecule has 0 atom stereocenters. The van der Waals surface area contributed by atoms with Crippen LogP contribution in [0.25, 0.3) is 0 Å². The van der Waals surface area contributed by atoms with Gasteiger partial charge in [0.05, 0.1) is 5.41 Å². The van der Waals surface area contributed by atoms with E-state index in [1.165, 1.54) is 6.42 Å². The van der Waals surface area contributed by atoms with Crippen LogP contribution in [-0.2, 0) is 10.2 Å². The van der Waals surface area contributed by atoms with Gasteiger partial charge >= 0.3 is 0 Å². The highest BCUT2D eigenvalue weighted by Crippen LogP contribution is 2.43. The Hall–Kier alpha value is -2.69.